The fourth-order valence-corrected chi connectivity index (χ4v) is 3.16. The van der Waals surface area contributed by atoms with Crippen molar-refractivity contribution in [3.8, 4) is 0 Å². The summed E-state index contributed by atoms with van der Waals surface area (Å²) in [6.45, 7) is 2.59. The lowest BCUT2D eigenvalue weighted by Gasteiger charge is -2.15. The Balaban J connectivity index is 2.28. The number of nitro groups is 1. The summed E-state index contributed by atoms with van der Waals surface area (Å²) in [5.41, 5.74) is 0.880. The molecule has 0 fully saturated rings. The number of hydrogen-bond donors (Lipinski definition) is 0. The summed E-state index contributed by atoms with van der Waals surface area (Å²) >= 11 is 0. The van der Waals surface area contributed by atoms with Gasteiger partial charge in [0.2, 0.25) is 10.0 Å². The Kier molecular flexibility index (Phi) is 3.18. The van der Waals surface area contributed by atoms with Crippen LogP contribution in [0.1, 0.15) is 6.92 Å². The molecular formula is C11H12N2O4S. The monoisotopic (exact) mass is 268 g/mol. The summed E-state index contributed by atoms with van der Waals surface area (Å²) in [6, 6.07) is 4.93. The normalized spacial score (nSPS) is 16.6. The van der Waals surface area contributed by atoms with Gasteiger partial charge in [0, 0.05) is 25.2 Å². The van der Waals surface area contributed by atoms with Crippen molar-refractivity contribution in [3.63, 3.8) is 0 Å². The topological polar surface area (TPSA) is 80.5 Å². The Morgan fingerprint density at radius 1 is 1.28 bits per heavy atom. The minimum Gasteiger partial charge on any atom is -0.258 e. The number of nitrogens with zero attached hydrogens (tertiary/aromatic N) is 2. The van der Waals surface area contributed by atoms with Crippen LogP contribution in [0, 0.1) is 10.1 Å². The van der Waals surface area contributed by atoms with Crippen LogP contribution in [0.4, 0.5) is 5.69 Å². The largest absolute Gasteiger partial charge is 0.269 e. The van der Waals surface area contributed by atoms with Crippen LogP contribution in [-0.4, -0.2) is 30.7 Å². The molecule has 0 atom stereocenters. The zero-order valence-corrected chi connectivity index (χ0v) is 10.6. The molecular weight excluding hydrogens is 256 g/mol. The van der Waals surface area contributed by atoms with Crippen molar-refractivity contribution in [3.05, 3.63) is 46.0 Å². The zero-order valence-electron chi connectivity index (χ0n) is 9.74. The average molecular weight is 268 g/mol. The first-order valence-electron chi connectivity index (χ1n) is 5.31. The standard InChI is InChI=1S/C11H12N2O4S/c1-9-6-7-12(8-9)18(16,17)11-4-2-10(3-5-11)13(14)15/h2-6H,7-8H2,1H3. The minimum atomic E-state index is -3.56. The molecule has 0 spiro atoms. The molecule has 1 aromatic rings. The van der Waals surface area contributed by atoms with E-state index in [2.05, 4.69) is 0 Å². The summed E-state index contributed by atoms with van der Waals surface area (Å²) in [7, 11) is -3.56. The Labute approximate surface area is 105 Å². The maximum Gasteiger partial charge on any atom is 0.269 e. The Morgan fingerprint density at radius 3 is 2.33 bits per heavy atom. The molecule has 6 nitrogen and oxygen atoms in total. The first-order chi connectivity index (χ1) is 8.41. The lowest BCUT2D eigenvalue weighted by atomic mass is 10.3. The van der Waals surface area contributed by atoms with E-state index in [1.165, 1.54) is 28.6 Å². The zero-order chi connectivity index (χ0) is 13.3. The van der Waals surface area contributed by atoms with Gasteiger partial charge in [-0.05, 0) is 19.1 Å². The number of benzene rings is 1. The van der Waals surface area contributed by atoms with Crippen molar-refractivity contribution >= 4 is 15.7 Å². The highest BCUT2D eigenvalue weighted by molar-refractivity contribution is 7.89. The van der Waals surface area contributed by atoms with E-state index in [0.717, 1.165) is 5.57 Å². The van der Waals surface area contributed by atoms with Gasteiger partial charge in [-0.2, -0.15) is 4.31 Å². The van der Waals surface area contributed by atoms with Crippen LogP contribution in [0.3, 0.4) is 0 Å². The highest BCUT2D eigenvalue weighted by Crippen LogP contribution is 2.22. The Bertz CT molecular complexity index is 604. The summed E-state index contributed by atoms with van der Waals surface area (Å²) in [5, 5.41) is 10.5. The molecule has 0 saturated heterocycles. The SMILES string of the molecule is CC1=CCN(S(=O)(=O)c2ccc([N+](=O)[O-])cc2)C1. The van der Waals surface area contributed by atoms with Crippen molar-refractivity contribution in [2.75, 3.05) is 13.1 Å². The average Bonchev–Trinajstić information content (AvgIpc) is 2.76. The van der Waals surface area contributed by atoms with Crippen LogP contribution in [0.25, 0.3) is 0 Å². The van der Waals surface area contributed by atoms with Crippen molar-refractivity contribution in [1.29, 1.82) is 0 Å². The van der Waals surface area contributed by atoms with Gasteiger partial charge in [0.15, 0.2) is 0 Å². The molecule has 1 heterocycles. The van der Waals surface area contributed by atoms with Crippen LogP contribution in [0.5, 0.6) is 0 Å². The molecule has 0 aromatic heterocycles. The second kappa shape index (κ2) is 4.51. The van der Waals surface area contributed by atoms with Gasteiger partial charge in [0.05, 0.1) is 9.82 Å². The van der Waals surface area contributed by atoms with Crippen LogP contribution in [0.2, 0.25) is 0 Å². The summed E-state index contributed by atoms with van der Waals surface area (Å²) in [6.07, 6.45) is 1.85. The van der Waals surface area contributed by atoms with Gasteiger partial charge in [-0.25, -0.2) is 8.42 Å². The van der Waals surface area contributed by atoms with E-state index in [0.29, 0.717) is 13.1 Å². The van der Waals surface area contributed by atoms with Crippen LogP contribution >= 0.6 is 0 Å². The fourth-order valence-electron chi connectivity index (χ4n) is 1.74. The molecule has 0 bridgehead atoms. The van der Waals surface area contributed by atoms with Gasteiger partial charge < -0.3 is 0 Å². The second-order valence-electron chi connectivity index (χ2n) is 4.10. The third-order valence-electron chi connectivity index (χ3n) is 2.75. The maximum atomic E-state index is 12.2. The third kappa shape index (κ3) is 2.27. The van der Waals surface area contributed by atoms with Crippen molar-refractivity contribution < 1.29 is 13.3 Å². The maximum absolute atomic E-state index is 12.2. The summed E-state index contributed by atoms with van der Waals surface area (Å²) in [4.78, 5) is 10.0. The molecule has 0 N–H and O–H groups in total. The molecule has 0 saturated carbocycles. The van der Waals surface area contributed by atoms with Gasteiger partial charge in [-0.15, -0.1) is 0 Å². The molecule has 0 radical (unpaired) electrons. The second-order valence-corrected chi connectivity index (χ2v) is 6.04. The number of rotatable bonds is 3. The summed E-state index contributed by atoms with van der Waals surface area (Å²) in [5.74, 6) is 0. The minimum absolute atomic E-state index is 0.0798. The number of non-ortho nitro benzene ring substituents is 1. The number of hydrogen-bond acceptors (Lipinski definition) is 4. The predicted octanol–water partition coefficient (Wildman–Crippen LogP) is 1.55. The Hall–Kier alpha value is -1.73. The first kappa shape index (κ1) is 12.7. The number of sulfonamides is 1. The van der Waals surface area contributed by atoms with Gasteiger partial charge in [0.1, 0.15) is 0 Å². The highest BCUT2D eigenvalue weighted by atomic mass is 32.2. The van der Waals surface area contributed by atoms with E-state index in [-0.39, 0.29) is 10.6 Å². The smallest absolute Gasteiger partial charge is 0.258 e. The van der Waals surface area contributed by atoms with Gasteiger partial charge in [-0.3, -0.25) is 10.1 Å². The van der Waals surface area contributed by atoms with Gasteiger partial charge >= 0.3 is 0 Å². The molecule has 96 valence electrons. The van der Waals surface area contributed by atoms with Crippen LogP contribution in [-0.2, 0) is 10.0 Å². The van der Waals surface area contributed by atoms with Crippen molar-refractivity contribution in [2.45, 2.75) is 11.8 Å². The quantitative estimate of drug-likeness (QED) is 0.473. The highest BCUT2D eigenvalue weighted by Gasteiger charge is 2.27. The Morgan fingerprint density at radius 2 is 1.89 bits per heavy atom. The molecule has 7 heteroatoms. The summed E-state index contributed by atoms with van der Waals surface area (Å²) < 4.78 is 25.7. The molecule has 0 aliphatic carbocycles. The molecule has 1 aliphatic rings. The van der Waals surface area contributed by atoms with E-state index < -0.39 is 14.9 Å². The number of nitro benzene ring substituents is 1. The van der Waals surface area contributed by atoms with Gasteiger partial charge in [0.25, 0.3) is 5.69 Å². The first-order valence-corrected chi connectivity index (χ1v) is 6.75. The molecule has 0 unspecified atom stereocenters. The van der Waals surface area contributed by atoms with E-state index in [4.69, 9.17) is 0 Å². The van der Waals surface area contributed by atoms with Crippen molar-refractivity contribution in [1.82, 2.24) is 4.31 Å². The molecule has 1 aromatic carbocycles. The van der Waals surface area contributed by atoms with E-state index >= 15 is 0 Å². The fraction of sp³-hybridized carbons (Fsp3) is 0.273. The van der Waals surface area contributed by atoms with E-state index in [1.807, 2.05) is 13.0 Å². The molecule has 0 amide bonds. The lowest BCUT2D eigenvalue weighted by Crippen LogP contribution is -2.28. The molecule has 2 rings (SSSR count). The third-order valence-corrected chi connectivity index (χ3v) is 4.58. The van der Waals surface area contributed by atoms with Crippen molar-refractivity contribution in [2.24, 2.45) is 0 Å². The molecule has 18 heavy (non-hydrogen) atoms. The van der Waals surface area contributed by atoms with E-state index in [9.17, 15) is 18.5 Å². The van der Waals surface area contributed by atoms with E-state index in [1.54, 1.807) is 0 Å². The van der Waals surface area contributed by atoms with Crippen LogP contribution < -0.4 is 0 Å². The molecule has 1 aliphatic heterocycles. The predicted molar refractivity (Wildman–Crippen MR) is 65.6 cm³/mol. The van der Waals surface area contributed by atoms with Crippen LogP contribution in [0.15, 0.2) is 40.8 Å². The van der Waals surface area contributed by atoms with Gasteiger partial charge in [-0.1, -0.05) is 11.6 Å². The lowest BCUT2D eigenvalue weighted by molar-refractivity contribution is -0.384.